The zero-order chi connectivity index (χ0) is 51.0. The molecule has 5 aliphatic rings. The van der Waals surface area contributed by atoms with E-state index in [1.54, 1.807) is 46.4 Å². The highest BCUT2D eigenvalue weighted by Crippen LogP contribution is 2.56. The van der Waals surface area contributed by atoms with E-state index in [-0.39, 0.29) is 49.6 Å². The first-order chi connectivity index (χ1) is 30.4. The second-order valence-corrected chi connectivity index (χ2v) is 24.0. The van der Waals surface area contributed by atoms with E-state index in [1.165, 1.54) is 62.3 Å². The first-order valence-electron chi connectivity index (χ1n) is 23.3. The minimum atomic E-state index is -2.26. The van der Waals surface area contributed by atoms with E-state index in [1.807, 2.05) is 0 Å². The number of aliphatic hydroxyl groups is 8. The van der Waals surface area contributed by atoms with Crippen LogP contribution in [0.15, 0.2) is 0 Å². The van der Waals surface area contributed by atoms with Crippen LogP contribution in [0.25, 0.3) is 0 Å². The molecule has 17 atom stereocenters. The van der Waals surface area contributed by atoms with E-state index in [9.17, 15) is 55.2 Å². The molecule has 5 rings (SSSR count). The Kier molecular flexibility index (Phi) is 15.3. The Bertz CT molecular complexity index is 1850. The number of urea groups is 1. The summed E-state index contributed by atoms with van der Waals surface area (Å²) in [5.74, 6) is -2.27. The van der Waals surface area contributed by atoms with Gasteiger partial charge in [0.05, 0.1) is 74.9 Å². The van der Waals surface area contributed by atoms with Crippen LogP contribution in [0.5, 0.6) is 0 Å². The van der Waals surface area contributed by atoms with E-state index < -0.39 is 117 Å². The van der Waals surface area contributed by atoms with E-state index in [4.69, 9.17) is 28.4 Å². The molecule has 3 amide bonds. The third-order valence-electron chi connectivity index (χ3n) is 17.2. The monoisotopic (exact) mass is 980 g/mol. The van der Waals surface area contributed by atoms with Gasteiger partial charge >= 0.3 is 12.0 Å². The Hall–Kier alpha value is -1.96. The molecule has 0 aliphatic carbocycles. The molecule has 0 spiro atoms. The number of hydrogen-bond acceptors (Lipinski definition) is 18. The topological polar surface area (TPSA) is 305 Å². The van der Waals surface area contributed by atoms with Gasteiger partial charge in [0.25, 0.3) is 0 Å². The number of rotatable bonds is 17. The van der Waals surface area contributed by atoms with Gasteiger partial charge in [-0.25, -0.2) is 4.79 Å². The molecule has 67 heavy (non-hydrogen) atoms. The number of ether oxygens (including phenoxy) is 6. The van der Waals surface area contributed by atoms with Crippen LogP contribution in [0.1, 0.15) is 123 Å². The molecule has 0 saturated carbocycles. The Morgan fingerprint density at radius 1 is 0.731 bits per heavy atom. The Labute approximate surface area is 398 Å². The van der Waals surface area contributed by atoms with Gasteiger partial charge < -0.3 is 85.2 Å². The lowest BCUT2D eigenvalue weighted by atomic mass is 9.58. The second-order valence-electron chi connectivity index (χ2n) is 22.7. The SMILES string of the molecule is CC(=O)NC1[C@@](C)(COC[C@]2(C)C(C)(C)O[C@](C)(OC(=O)CCCCC3SC[C@@H]4NC(=O)N[C@H]34)C(O)[C@@]2(C)O)OC(C)(CO)[C@H](O)[C@@]1(C)COC[C@]1(C)OC(C)(CO)[C@](C)(O)[C@@](C)(O)C1(C)O. The van der Waals surface area contributed by atoms with Gasteiger partial charge in [0, 0.05) is 36.7 Å². The molecule has 0 radical (unpaired) electrons. The molecule has 0 aromatic rings. The first-order valence-corrected chi connectivity index (χ1v) is 24.3. The molecule has 5 saturated heterocycles. The average Bonchev–Trinajstić information content (AvgIpc) is 3.77. The van der Waals surface area contributed by atoms with Gasteiger partial charge in [0.2, 0.25) is 11.7 Å². The van der Waals surface area contributed by atoms with Crippen LogP contribution < -0.4 is 16.0 Å². The number of fused-ring (bicyclic) bond motifs is 1. The molecule has 0 aromatic heterocycles. The molecule has 0 bridgehead atoms. The standard InChI is InChI=1S/C46H81N3O17S/c1-26(52)47-31-36(4,22-61-25-41(9)45(13,59)46(14,60)44(12,58)40(8,21-51)66-41)32(54)37(5,20-50)65-38(31,6)23-62-24-39(7)35(2,3)64-43(11,33(55)42(39,10)57)63-29(53)18-16-15-17-28-30-27(19-67-28)48-34(56)49-30/h27-28,30-33,50-51,54-55,57-60H,15-25H2,1-14H3,(H,47,52)(H2,48,49,56)/t27-,28?,30-,31?,32+,33?,36-,37?,38+,39+,40?,41-,42+,43-,44-,45?,46+/m0/s1. The third kappa shape index (κ3) is 9.05. The number of aliphatic hydroxyl groups excluding tert-OH is 4. The van der Waals surface area contributed by atoms with Gasteiger partial charge in [-0.1, -0.05) is 20.3 Å². The molecule has 11 N–H and O–H groups in total. The van der Waals surface area contributed by atoms with Crippen LogP contribution in [0.2, 0.25) is 0 Å². The molecule has 5 fully saturated rings. The van der Waals surface area contributed by atoms with Crippen molar-refractivity contribution < 1.29 is 83.7 Å². The number of nitrogens with one attached hydrogen (secondary N) is 3. The van der Waals surface area contributed by atoms with Crippen molar-refractivity contribution in [2.75, 3.05) is 45.4 Å². The quantitative estimate of drug-likeness (QED) is 0.0525. The maximum atomic E-state index is 13.3. The number of hydrogen-bond donors (Lipinski definition) is 11. The zero-order valence-electron chi connectivity index (χ0n) is 41.9. The molecule has 388 valence electrons. The number of carbonyl (C=O) groups is 3. The number of thioether (sulfide) groups is 1. The van der Waals surface area contributed by atoms with Crippen molar-refractivity contribution in [3.63, 3.8) is 0 Å². The summed E-state index contributed by atoms with van der Waals surface area (Å²) in [6.45, 7) is 17.5. The highest BCUT2D eigenvalue weighted by Gasteiger charge is 2.74. The summed E-state index contributed by atoms with van der Waals surface area (Å²) in [5, 5.41) is 101. The van der Waals surface area contributed by atoms with E-state index in [0.717, 1.165) is 12.2 Å². The normalized spacial score (nSPS) is 49.4. The minimum absolute atomic E-state index is 0.0343. The predicted molar refractivity (Wildman–Crippen MR) is 244 cm³/mol. The van der Waals surface area contributed by atoms with Crippen LogP contribution in [0.4, 0.5) is 4.79 Å². The van der Waals surface area contributed by atoms with Crippen LogP contribution in [-0.2, 0) is 38.0 Å². The molecular formula is C46H81N3O17S. The van der Waals surface area contributed by atoms with Crippen molar-refractivity contribution in [2.45, 2.75) is 214 Å². The highest BCUT2D eigenvalue weighted by atomic mass is 32.2. The summed E-state index contributed by atoms with van der Waals surface area (Å²) < 4.78 is 37.7. The average molecular weight is 980 g/mol. The van der Waals surface area contributed by atoms with Crippen molar-refractivity contribution in [2.24, 2.45) is 10.8 Å². The Balaban J connectivity index is 1.31. The fraction of sp³-hybridized carbons (Fsp3) is 0.935. The van der Waals surface area contributed by atoms with E-state index in [2.05, 4.69) is 16.0 Å². The van der Waals surface area contributed by atoms with Gasteiger partial charge in [0.1, 0.15) is 50.9 Å². The largest absolute Gasteiger partial charge is 0.430 e. The molecular weight excluding hydrogens is 899 g/mol. The van der Waals surface area contributed by atoms with Gasteiger partial charge in [-0.05, 0) is 82.1 Å². The smallest absolute Gasteiger partial charge is 0.315 e. The van der Waals surface area contributed by atoms with Crippen molar-refractivity contribution in [3.8, 4) is 0 Å². The minimum Gasteiger partial charge on any atom is -0.430 e. The maximum absolute atomic E-state index is 13.3. The summed E-state index contributed by atoms with van der Waals surface area (Å²) in [5.41, 5.74) is -19.7. The van der Waals surface area contributed by atoms with Crippen LogP contribution in [0, 0.1) is 10.8 Å². The fourth-order valence-electron chi connectivity index (χ4n) is 11.6. The van der Waals surface area contributed by atoms with Crippen LogP contribution >= 0.6 is 11.8 Å². The van der Waals surface area contributed by atoms with Gasteiger partial charge in [0.15, 0.2) is 0 Å². The Morgan fingerprint density at radius 3 is 1.91 bits per heavy atom. The van der Waals surface area contributed by atoms with Crippen molar-refractivity contribution in [3.05, 3.63) is 0 Å². The molecule has 21 heteroatoms. The first kappa shape index (κ1) is 56.0. The number of amides is 3. The molecule has 6 unspecified atom stereocenters. The van der Waals surface area contributed by atoms with E-state index in [0.29, 0.717) is 12.8 Å². The summed E-state index contributed by atoms with van der Waals surface area (Å²) in [6.07, 6.45) is -1.25. The summed E-state index contributed by atoms with van der Waals surface area (Å²) in [6, 6.07) is -1.14. The number of esters is 1. The van der Waals surface area contributed by atoms with Gasteiger partial charge in [-0.15, -0.1) is 0 Å². The summed E-state index contributed by atoms with van der Waals surface area (Å²) in [4.78, 5) is 38.0. The lowest BCUT2D eigenvalue weighted by molar-refractivity contribution is -0.408. The van der Waals surface area contributed by atoms with Crippen molar-refractivity contribution >= 4 is 29.7 Å². The molecule has 20 nitrogen and oxygen atoms in total. The van der Waals surface area contributed by atoms with Crippen LogP contribution in [-0.4, -0.2) is 196 Å². The zero-order valence-corrected chi connectivity index (χ0v) is 42.7. The lowest BCUT2D eigenvalue weighted by Gasteiger charge is -2.65. The summed E-state index contributed by atoms with van der Waals surface area (Å²) >= 11 is 1.78. The third-order valence-corrected chi connectivity index (χ3v) is 18.7. The lowest BCUT2D eigenvalue weighted by Crippen LogP contribution is -2.85. The maximum Gasteiger partial charge on any atom is 0.315 e. The molecule has 0 aromatic carbocycles. The van der Waals surface area contributed by atoms with Gasteiger partial charge in [-0.3, -0.25) is 9.59 Å². The predicted octanol–water partition coefficient (Wildman–Crippen LogP) is 0.137. The number of carbonyl (C=O) groups excluding carboxylic acids is 3. The van der Waals surface area contributed by atoms with E-state index >= 15 is 0 Å². The highest BCUT2D eigenvalue weighted by molar-refractivity contribution is 8.00. The molecule has 5 heterocycles. The fourth-order valence-corrected chi connectivity index (χ4v) is 13.2. The van der Waals surface area contributed by atoms with Crippen molar-refractivity contribution in [1.82, 2.24) is 16.0 Å². The van der Waals surface area contributed by atoms with Gasteiger partial charge in [-0.2, -0.15) is 11.8 Å². The Morgan fingerprint density at radius 2 is 1.33 bits per heavy atom. The molecule has 5 aliphatic heterocycles. The van der Waals surface area contributed by atoms with Crippen molar-refractivity contribution in [1.29, 1.82) is 0 Å². The summed E-state index contributed by atoms with van der Waals surface area (Å²) in [7, 11) is 0. The second kappa shape index (κ2) is 18.3. The number of unbranched alkanes of at least 4 members (excludes halogenated alkanes) is 1. The van der Waals surface area contributed by atoms with Crippen LogP contribution in [0.3, 0.4) is 0 Å².